The standard InChI is InChI=1S/C13H15N3O3/c1-8(12(17)15(2)3)16-7-14-10-6-4-5-9(11(10)16)13(18)19/h4-8H,1-3H3,(H,18,19). The van der Waals surface area contributed by atoms with Gasteiger partial charge in [-0.05, 0) is 19.1 Å². The van der Waals surface area contributed by atoms with Gasteiger partial charge in [-0.1, -0.05) is 6.07 Å². The van der Waals surface area contributed by atoms with Gasteiger partial charge in [0.2, 0.25) is 5.91 Å². The van der Waals surface area contributed by atoms with Crippen LogP contribution in [0.25, 0.3) is 11.0 Å². The molecule has 1 atom stereocenters. The maximum Gasteiger partial charge on any atom is 0.337 e. The molecular weight excluding hydrogens is 246 g/mol. The van der Waals surface area contributed by atoms with Crippen molar-refractivity contribution in [3.05, 3.63) is 30.1 Å². The summed E-state index contributed by atoms with van der Waals surface area (Å²) in [6.07, 6.45) is 1.50. The Morgan fingerprint density at radius 2 is 2.05 bits per heavy atom. The third-order valence-corrected chi connectivity index (χ3v) is 3.04. The van der Waals surface area contributed by atoms with Crippen LogP contribution < -0.4 is 0 Å². The number of amides is 1. The van der Waals surface area contributed by atoms with E-state index in [0.717, 1.165) is 0 Å². The molecule has 1 heterocycles. The molecule has 6 nitrogen and oxygen atoms in total. The molecule has 1 aromatic carbocycles. The predicted molar refractivity (Wildman–Crippen MR) is 70.1 cm³/mol. The van der Waals surface area contributed by atoms with Crippen molar-refractivity contribution in [2.45, 2.75) is 13.0 Å². The second-order valence-electron chi connectivity index (χ2n) is 4.54. The van der Waals surface area contributed by atoms with Gasteiger partial charge in [0, 0.05) is 14.1 Å². The molecule has 0 bridgehead atoms. The molecule has 6 heteroatoms. The molecule has 1 N–H and O–H groups in total. The minimum Gasteiger partial charge on any atom is -0.478 e. The number of likely N-dealkylation sites (N-methyl/N-ethyl adjacent to an activating group) is 1. The Labute approximate surface area is 110 Å². The molecule has 0 spiro atoms. The molecule has 0 aliphatic heterocycles. The van der Waals surface area contributed by atoms with Crippen molar-refractivity contribution in [2.24, 2.45) is 0 Å². The number of carboxylic acids is 1. The first-order valence-corrected chi connectivity index (χ1v) is 5.83. The molecule has 0 aliphatic carbocycles. The zero-order valence-corrected chi connectivity index (χ0v) is 11.0. The van der Waals surface area contributed by atoms with E-state index in [1.54, 1.807) is 37.7 Å². The highest BCUT2D eigenvalue weighted by atomic mass is 16.4. The smallest absolute Gasteiger partial charge is 0.337 e. The van der Waals surface area contributed by atoms with Crippen LogP contribution in [0, 0.1) is 0 Å². The summed E-state index contributed by atoms with van der Waals surface area (Å²) in [5.41, 5.74) is 1.18. The van der Waals surface area contributed by atoms with Crippen molar-refractivity contribution in [2.75, 3.05) is 14.1 Å². The molecule has 1 aromatic heterocycles. The van der Waals surface area contributed by atoms with E-state index in [0.29, 0.717) is 11.0 Å². The number of para-hydroxylation sites is 1. The van der Waals surface area contributed by atoms with Crippen molar-refractivity contribution >= 4 is 22.9 Å². The van der Waals surface area contributed by atoms with Crippen molar-refractivity contribution in [3.63, 3.8) is 0 Å². The maximum atomic E-state index is 12.0. The quantitative estimate of drug-likeness (QED) is 0.905. The fourth-order valence-electron chi connectivity index (χ4n) is 2.05. The fraction of sp³-hybridized carbons (Fsp3) is 0.308. The number of hydrogen-bond acceptors (Lipinski definition) is 3. The van der Waals surface area contributed by atoms with E-state index in [-0.39, 0.29) is 11.5 Å². The van der Waals surface area contributed by atoms with Crippen LogP contribution in [0.2, 0.25) is 0 Å². The molecule has 1 unspecified atom stereocenters. The summed E-state index contributed by atoms with van der Waals surface area (Å²) in [5, 5.41) is 9.22. The number of hydrogen-bond donors (Lipinski definition) is 1. The Morgan fingerprint density at radius 3 is 2.63 bits per heavy atom. The van der Waals surface area contributed by atoms with Crippen LogP contribution in [-0.4, -0.2) is 45.5 Å². The first-order chi connectivity index (χ1) is 8.93. The van der Waals surface area contributed by atoms with Gasteiger partial charge in [0.1, 0.15) is 6.04 Å². The van der Waals surface area contributed by atoms with Crippen molar-refractivity contribution in [1.82, 2.24) is 14.5 Å². The van der Waals surface area contributed by atoms with Gasteiger partial charge in [-0.15, -0.1) is 0 Å². The average molecular weight is 261 g/mol. The van der Waals surface area contributed by atoms with Gasteiger partial charge in [0.05, 0.1) is 22.9 Å². The molecule has 100 valence electrons. The second kappa shape index (κ2) is 4.72. The maximum absolute atomic E-state index is 12.0. The number of aromatic nitrogens is 2. The lowest BCUT2D eigenvalue weighted by molar-refractivity contribution is -0.131. The Hall–Kier alpha value is -2.37. The number of benzene rings is 1. The van der Waals surface area contributed by atoms with E-state index in [1.807, 2.05) is 0 Å². The topological polar surface area (TPSA) is 75.4 Å². The Morgan fingerprint density at radius 1 is 1.37 bits per heavy atom. The number of fused-ring (bicyclic) bond motifs is 1. The lowest BCUT2D eigenvalue weighted by Crippen LogP contribution is -2.29. The Kier molecular flexibility index (Phi) is 3.25. The van der Waals surface area contributed by atoms with Crippen LogP contribution in [-0.2, 0) is 4.79 Å². The number of rotatable bonds is 3. The van der Waals surface area contributed by atoms with Crippen LogP contribution >= 0.6 is 0 Å². The van der Waals surface area contributed by atoms with Gasteiger partial charge in [-0.25, -0.2) is 9.78 Å². The van der Waals surface area contributed by atoms with Gasteiger partial charge in [0.15, 0.2) is 0 Å². The molecule has 0 fully saturated rings. The molecule has 1 amide bonds. The van der Waals surface area contributed by atoms with Gasteiger partial charge >= 0.3 is 5.97 Å². The van der Waals surface area contributed by atoms with E-state index in [4.69, 9.17) is 0 Å². The first-order valence-electron chi connectivity index (χ1n) is 5.83. The lowest BCUT2D eigenvalue weighted by atomic mass is 10.1. The number of imidazole rings is 1. The summed E-state index contributed by atoms with van der Waals surface area (Å²) in [7, 11) is 3.33. The number of carboxylic acid groups (broad SMARTS) is 1. The third kappa shape index (κ3) is 2.16. The van der Waals surface area contributed by atoms with E-state index in [1.165, 1.54) is 17.3 Å². The number of carbonyl (C=O) groups excluding carboxylic acids is 1. The van der Waals surface area contributed by atoms with Gasteiger partial charge < -0.3 is 14.6 Å². The molecule has 0 aliphatic rings. The van der Waals surface area contributed by atoms with Crippen molar-refractivity contribution < 1.29 is 14.7 Å². The number of nitrogens with zero attached hydrogens (tertiary/aromatic N) is 3. The minimum atomic E-state index is -1.03. The largest absolute Gasteiger partial charge is 0.478 e. The van der Waals surface area contributed by atoms with Crippen LogP contribution in [0.3, 0.4) is 0 Å². The summed E-state index contributed by atoms with van der Waals surface area (Å²) in [5.74, 6) is -1.14. The first kappa shape index (κ1) is 13.1. The lowest BCUT2D eigenvalue weighted by Gasteiger charge is -2.19. The molecule has 2 rings (SSSR count). The zero-order chi connectivity index (χ0) is 14.2. The van der Waals surface area contributed by atoms with Crippen molar-refractivity contribution in [3.8, 4) is 0 Å². The molecule has 2 aromatic rings. The molecule has 0 saturated heterocycles. The number of carbonyl (C=O) groups is 2. The van der Waals surface area contributed by atoms with Gasteiger partial charge in [-0.3, -0.25) is 4.79 Å². The van der Waals surface area contributed by atoms with E-state index in [2.05, 4.69) is 4.98 Å². The monoisotopic (exact) mass is 261 g/mol. The Bertz CT molecular complexity index is 646. The normalized spacial score (nSPS) is 12.4. The van der Waals surface area contributed by atoms with Crippen LogP contribution in [0.15, 0.2) is 24.5 Å². The van der Waals surface area contributed by atoms with E-state index in [9.17, 15) is 14.7 Å². The average Bonchev–Trinajstić information content (AvgIpc) is 2.80. The summed E-state index contributed by atoms with van der Waals surface area (Å²) in [4.78, 5) is 28.9. The predicted octanol–water partition coefficient (Wildman–Crippen LogP) is 1.38. The van der Waals surface area contributed by atoms with E-state index < -0.39 is 12.0 Å². The van der Waals surface area contributed by atoms with Gasteiger partial charge in [0.25, 0.3) is 0 Å². The highest BCUT2D eigenvalue weighted by Crippen LogP contribution is 2.22. The fourth-order valence-corrected chi connectivity index (χ4v) is 2.05. The summed E-state index contributed by atoms with van der Waals surface area (Å²) in [6, 6.07) is 4.38. The number of aromatic carboxylic acids is 1. The second-order valence-corrected chi connectivity index (χ2v) is 4.54. The minimum absolute atomic E-state index is 0.112. The van der Waals surface area contributed by atoms with Crippen molar-refractivity contribution in [1.29, 1.82) is 0 Å². The van der Waals surface area contributed by atoms with Crippen LogP contribution in [0.1, 0.15) is 23.3 Å². The molecule has 19 heavy (non-hydrogen) atoms. The van der Waals surface area contributed by atoms with Crippen LogP contribution in [0.5, 0.6) is 0 Å². The molecular formula is C13H15N3O3. The third-order valence-electron chi connectivity index (χ3n) is 3.04. The SMILES string of the molecule is CC(C(=O)N(C)C)n1cnc2cccc(C(=O)O)c21. The zero-order valence-electron chi connectivity index (χ0n) is 11.0. The Balaban J connectivity index is 2.62. The summed E-state index contributed by atoms with van der Waals surface area (Å²) >= 11 is 0. The summed E-state index contributed by atoms with van der Waals surface area (Å²) in [6.45, 7) is 1.72. The van der Waals surface area contributed by atoms with Crippen LogP contribution in [0.4, 0.5) is 0 Å². The molecule has 0 radical (unpaired) electrons. The van der Waals surface area contributed by atoms with Gasteiger partial charge in [-0.2, -0.15) is 0 Å². The molecule has 0 saturated carbocycles. The highest BCUT2D eigenvalue weighted by molar-refractivity contribution is 6.01. The summed E-state index contributed by atoms with van der Waals surface area (Å²) < 4.78 is 1.60. The highest BCUT2D eigenvalue weighted by Gasteiger charge is 2.21. The van der Waals surface area contributed by atoms with E-state index >= 15 is 0 Å².